The van der Waals surface area contributed by atoms with E-state index in [1.54, 1.807) is 51.1 Å². The molecular weight excluding hydrogens is 553 g/mol. The molecule has 8 nitrogen and oxygen atoms in total. The van der Waals surface area contributed by atoms with Crippen LogP contribution in [0.4, 0.5) is 22.8 Å². The summed E-state index contributed by atoms with van der Waals surface area (Å²) in [6, 6.07) is 15.0. The number of carbonyl (C=O) groups is 3. The van der Waals surface area contributed by atoms with Crippen molar-refractivity contribution in [3.8, 4) is 0 Å². The molecule has 0 aliphatic carbocycles. The van der Waals surface area contributed by atoms with E-state index in [4.69, 9.17) is 14.2 Å². The van der Waals surface area contributed by atoms with Gasteiger partial charge in [-0.3, -0.25) is 9.69 Å². The predicted molar refractivity (Wildman–Crippen MR) is 147 cm³/mol. The van der Waals surface area contributed by atoms with Crippen molar-refractivity contribution in [1.29, 1.82) is 0 Å². The van der Waals surface area contributed by atoms with Crippen molar-refractivity contribution in [2.24, 2.45) is 0 Å². The Morgan fingerprint density at radius 2 is 1.48 bits per heavy atom. The Morgan fingerprint density at radius 1 is 0.881 bits per heavy atom. The molecule has 2 aromatic carbocycles. The number of carbonyl (C=O) groups excluding carboxylic acids is 3. The van der Waals surface area contributed by atoms with Crippen LogP contribution in [-0.2, 0) is 31.0 Å². The molecule has 42 heavy (non-hydrogen) atoms. The highest BCUT2D eigenvalue weighted by atomic mass is 19.4. The van der Waals surface area contributed by atoms with E-state index in [9.17, 15) is 27.6 Å². The highest BCUT2D eigenvalue weighted by molar-refractivity contribution is 5.85. The van der Waals surface area contributed by atoms with E-state index in [1.807, 2.05) is 6.07 Å². The number of piperidine rings is 1. The summed E-state index contributed by atoms with van der Waals surface area (Å²) in [7, 11) is 0. The second kappa shape index (κ2) is 11.9. The van der Waals surface area contributed by atoms with E-state index in [0.29, 0.717) is 19.3 Å². The smallest absolute Gasteiger partial charge is 0.410 e. The summed E-state index contributed by atoms with van der Waals surface area (Å²) in [6.45, 7) is 5.71. The van der Waals surface area contributed by atoms with E-state index in [0.717, 1.165) is 12.5 Å². The third kappa shape index (κ3) is 6.50. The van der Waals surface area contributed by atoms with Crippen molar-refractivity contribution in [3.63, 3.8) is 0 Å². The van der Waals surface area contributed by atoms with Crippen LogP contribution in [-0.4, -0.2) is 71.0 Å². The van der Waals surface area contributed by atoms with Gasteiger partial charge in [-0.1, -0.05) is 60.7 Å². The number of hydrogen-bond acceptors (Lipinski definition) is 6. The average molecular weight is 591 g/mol. The summed E-state index contributed by atoms with van der Waals surface area (Å²) in [5.74, 6) is -1.51. The molecule has 0 aromatic heterocycles. The van der Waals surface area contributed by atoms with Crippen LogP contribution in [0, 0.1) is 0 Å². The quantitative estimate of drug-likeness (QED) is 0.293. The van der Waals surface area contributed by atoms with E-state index < -0.39 is 47.0 Å². The summed E-state index contributed by atoms with van der Waals surface area (Å²) < 4.78 is 60.6. The van der Waals surface area contributed by atoms with E-state index >= 15 is 0 Å². The van der Waals surface area contributed by atoms with Gasteiger partial charge in [-0.05, 0) is 58.1 Å². The Bertz CT molecular complexity index is 1260. The molecule has 0 saturated carbocycles. The molecule has 2 saturated heterocycles. The molecule has 0 N–H and O–H groups in total. The molecule has 2 amide bonds. The van der Waals surface area contributed by atoms with Gasteiger partial charge in [0.15, 0.2) is 11.0 Å². The van der Waals surface area contributed by atoms with Crippen molar-refractivity contribution in [3.05, 3.63) is 71.8 Å². The fourth-order valence-corrected chi connectivity index (χ4v) is 5.36. The van der Waals surface area contributed by atoms with Crippen LogP contribution >= 0.6 is 0 Å². The van der Waals surface area contributed by atoms with Gasteiger partial charge in [0.25, 0.3) is 0 Å². The molecule has 0 radical (unpaired) electrons. The summed E-state index contributed by atoms with van der Waals surface area (Å²) in [6.07, 6.45) is -4.69. The first kappa shape index (κ1) is 31.2. The molecule has 228 valence electrons. The minimum atomic E-state index is -4.98. The van der Waals surface area contributed by atoms with Crippen LogP contribution in [0.25, 0.3) is 0 Å². The molecule has 11 heteroatoms. The largest absolute Gasteiger partial charge is 0.452 e. The molecule has 2 aromatic rings. The Hall–Kier alpha value is -3.76. The van der Waals surface area contributed by atoms with E-state index in [2.05, 4.69) is 0 Å². The molecular formula is C31H37F3N2O6. The van der Waals surface area contributed by atoms with Gasteiger partial charge in [0.05, 0.1) is 19.1 Å². The van der Waals surface area contributed by atoms with Crippen molar-refractivity contribution in [2.45, 2.75) is 82.4 Å². The van der Waals surface area contributed by atoms with Gasteiger partial charge >= 0.3 is 24.3 Å². The lowest BCUT2D eigenvalue weighted by atomic mass is 9.78. The van der Waals surface area contributed by atoms with Gasteiger partial charge in [-0.25, -0.2) is 9.59 Å². The molecule has 4 rings (SSSR count). The Balaban J connectivity index is 1.63. The molecule has 2 heterocycles. The summed E-state index contributed by atoms with van der Waals surface area (Å²) >= 11 is 0. The number of likely N-dealkylation sites (tertiary alicyclic amines) is 2. The molecule has 2 aliphatic rings. The number of esters is 1. The van der Waals surface area contributed by atoms with Crippen LogP contribution in [0.15, 0.2) is 60.7 Å². The molecule has 1 unspecified atom stereocenters. The highest BCUT2D eigenvalue weighted by Crippen LogP contribution is 2.45. The monoisotopic (exact) mass is 590 g/mol. The normalized spacial score (nSPS) is 20.1. The van der Waals surface area contributed by atoms with Crippen LogP contribution in [0.1, 0.15) is 58.1 Å². The number of amides is 2. The van der Waals surface area contributed by atoms with Gasteiger partial charge < -0.3 is 19.1 Å². The van der Waals surface area contributed by atoms with Crippen molar-refractivity contribution in [1.82, 2.24) is 9.80 Å². The molecule has 0 spiro atoms. The third-order valence-corrected chi connectivity index (χ3v) is 7.74. The van der Waals surface area contributed by atoms with Crippen molar-refractivity contribution >= 4 is 18.2 Å². The maximum Gasteiger partial charge on any atom is 0.410 e. The second-order valence-corrected chi connectivity index (χ2v) is 12.0. The van der Waals surface area contributed by atoms with E-state index in [-0.39, 0.29) is 31.8 Å². The SMILES string of the molecule is CC(C)(C)OC(=O)N1CCCC[C@H]1C1(OC(=O)C(C)(c2ccccc2)C(F)(F)F)CN(C(=O)OCc2ccccc2)C1. The zero-order valence-electron chi connectivity index (χ0n) is 24.3. The third-order valence-electron chi connectivity index (χ3n) is 7.74. The Morgan fingerprint density at radius 3 is 2.05 bits per heavy atom. The number of benzene rings is 2. The summed E-state index contributed by atoms with van der Waals surface area (Å²) in [4.78, 5) is 42.5. The number of nitrogens with zero attached hydrogens (tertiary/aromatic N) is 2. The van der Waals surface area contributed by atoms with Gasteiger partial charge in [0.1, 0.15) is 12.2 Å². The van der Waals surface area contributed by atoms with E-state index in [1.165, 1.54) is 34.1 Å². The van der Waals surface area contributed by atoms with Gasteiger partial charge in [0, 0.05) is 6.54 Å². The van der Waals surface area contributed by atoms with Gasteiger partial charge in [0.2, 0.25) is 0 Å². The zero-order chi connectivity index (χ0) is 30.8. The van der Waals surface area contributed by atoms with Crippen LogP contribution in [0.2, 0.25) is 0 Å². The fraction of sp³-hybridized carbons (Fsp3) is 0.516. The number of rotatable bonds is 6. The zero-order valence-corrected chi connectivity index (χ0v) is 24.3. The number of halogens is 3. The topological polar surface area (TPSA) is 85.4 Å². The maximum atomic E-state index is 14.6. The number of alkyl halides is 3. The van der Waals surface area contributed by atoms with Gasteiger partial charge in [-0.15, -0.1) is 0 Å². The fourth-order valence-electron chi connectivity index (χ4n) is 5.36. The predicted octanol–water partition coefficient (Wildman–Crippen LogP) is 6.23. The lowest BCUT2D eigenvalue weighted by molar-refractivity contribution is -0.231. The first-order valence-corrected chi connectivity index (χ1v) is 14.0. The second-order valence-electron chi connectivity index (χ2n) is 12.0. The number of hydrogen-bond donors (Lipinski definition) is 0. The highest BCUT2D eigenvalue weighted by Gasteiger charge is 2.64. The lowest BCUT2D eigenvalue weighted by Gasteiger charge is -2.56. The molecule has 2 aliphatic heterocycles. The Labute approximate surface area is 243 Å². The molecule has 2 atom stereocenters. The maximum absolute atomic E-state index is 14.6. The summed E-state index contributed by atoms with van der Waals surface area (Å²) in [5, 5.41) is 0. The first-order chi connectivity index (χ1) is 19.7. The standard InChI is InChI=1S/C31H37F3N2O6/c1-28(2,3)42-27(39)36-18-12-11-17-24(36)30(20-35(21-30)26(38)40-19-22-13-7-5-8-14-22)41-25(37)29(4,31(32,33)34)23-15-9-6-10-16-23/h5-10,13-16,24H,11-12,17-21H2,1-4H3/t24-,29?/m0/s1. The minimum Gasteiger partial charge on any atom is -0.452 e. The lowest BCUT2D eigenvalue weighted by Crippen LogP contribution is -2.75. The minimum absolute atomic E-state index is 0.00340. The average Bonchev–Trinajstić information content (AvgIpc) is 2.92. The van der Waals surface area contributed by atoms with Crippen LogP contribution in [0.3, 0.4) is 0 Å². The molecule has 2 fully saturated rings. The molecule has 0 bridgehead atoms. The summed E-state index contributed by atoms with van der Waals surface area (Å²) in [5.41, 5.74) is -4.92. The van der Waals surface area contributed by atoms with Crippen LogP contribution < -0.4 is 0 Å². The van der Waals surface area contributed by atoms with Crippen LogP contribution in [0.5, 0.6) is 0 Å². The first-order valence-electron chi connectivity index (χ1n) is 14.0. The van der Waals surface area contributed by atoms with Gasteiger partial charge in [-0.2, -0.15) is 13.2 Å². The number of ether oxygens (including phenoxy) is 3. The Kier molecular flexibility index (Phi) is 8.80. The van der Waals surface area contributed by atoms with Crippen molar-refractivity contribution < 1.29 is 41.8 Å². The van der Waals surface area contributed by atoms with Crippen molar-refractivity contribution in [2.75, 3.05) is 19.6 Å².